The van der Waals surface area contributed by atoms with Gasteiger partial charge in [0.15, 0.2) is 11.6 Å². The third kappa shape index (κ3) is 2.44. The minimum atomic E-state index is -1.43. The van der Waals surface area contributed by atoms with Gasteiger partial charge in [0, 0.05) is 0 Å². The highest BCUT2D eigenvalue weighted by Gasteiger charge is 2.21. The number of piperidine rings is 1. The zero-order valence-electron chi connectivity index (χ0n) is 9.17. The van der Waals surface area contributed by atoms with Gasteiger partial charge in [-0.2, -0.15) is 0 Å². The molecule has 0 amide bonds. The summed E-state index contributed by atoms with van der Waals surface area (Å²) in [5.41, 5.74) is -0.0127. The van der Waals surface area contributed by atoms with Gasteiger partial charge in [-0.15, -0.1) is 0 Å². The van der Waals surface area contributed by atoms with Crippen molar-refractivity contribution in [2.24, 2.45) is 0 Å². The lowest BCUT2D eigenvalue weighted by molar-refractivity contribution is 0.0690. The fraction of sp³-hybridized carbons (Fsp3) is 0.417. The molecule has 1 fully saturated rings. The Balaban J connectivity index is 2.37. The van der Waals surface area contributed by atoms with E-state index >= 15 is 0 Å². The summed E-state index contributed by atoms with van der Waals surface area (Å²) >= 11 is 0. The first-order chi connectivity index (χ1) is 8.09. The number of aromatic carboxylic acids is 1. The molecule has 0 bridgehead atoms. The van der Waals surface area contributed by atoms with Gasteiger partial charge in [-0.05, 0) is 49.5 Å². The number of hydrogen-bond acceptors (Lipinski definition) is 2. The average molecular weight is 241 g/mol. The van der Waals surface area contributed by atoms with E-state index in [-0.39, 0.29) is 5.92 Å². The van der Waals surface area contributed by atoms with Gasteiger partial charge in [0.05, 0.1) is 5.56 Å². The molecule has 3 nitrogen and oxygen atoms in total. The van der Waals surface area contributed by atoms with Crippen molar-refractivity contribution in [1.29, 1.82) is 0 Å². The number of hydrogen-bond donors (Lipinski definition) is 2. The lowest BCUT2D eigenvalue weighted by Crippen LogP contribution is -2.26. The number of rotatable bonds is 2. The summed E-state index contributed by atoms with van der Waals surface area (Å²) in [5, 5.41) is 12.0. The standard InChI is InChI=1S/C12H13F2NO2/c13-10-6-8(7-1-3-15-4-2-7)5-9(11(10)14)12(16)17/h5-7,15H,1-4H2,(H,16,17). The molecule has 5 heteroatoms. The highest BCUT2D eigenvalue weighted by atomic mass is 19.2. The summed E-state index contributed by atoms with van der Waals surface area (Å²) in [7, 11) is 0. The van der Waals surface area contributed by atoms with Crippen LogP contribution in [0.3, 0.4) is 0 Å². The van der Waals surface area contributed by atoms with E-state index in [2.05, 4.69) is 5.32 Å². The van der Waals surface area contributed by atoms with Gasteiger partial charge < -0.3 is 10.4 Å². The number of carboxylic acid groups (broad SMARTS) is 1. The Labute approximate surface area is 97.5 Å². The second-order valence-corrected chi connectivity index (χ2v) is 4.19. The number of nitrogens with one attached hydrogen (secondary N) is 1. The molecule has 2 rings (SSSR count). The van der Waals surface area contributed by atoms with Crippen molar-refractivity contribution in [3.63, 3.8) is 0 Å². The van der Waals surface area contributed by atoms with Gasteiger partial charge in [-0.25, -0.2) is 13.6 Å². The summed E-state index contributed by atoms with van der Waals surface area (Å²) in [5.74, 6) is -3.70. The maximum Gasteiger partial charge on any atom is 0.338 e. The molecule has 0 saturated carbocycles. The van der Waals surface area contributed by atoms with Crippen LogP contribution in [-0.2, 0) is 0 Å². The second kappa shape index (κ2) is 4.79. The maximum atomic E-state index is 13.3. The van der Waals surface area contributed by atoms with E-state index in [1.807, 2.05) is 0 Å². The Bertz CT molecular complexity index is 442. The fourth-order valence-corrected chi connectivity index (χ4v) is 2.16. The van der Waals surface area contributed by atoms with Gasteiger partial charge >= 0.3 is 5.97 Å². The first-order valence-corrected chi connectivity index (χ1v) is 5.52. The third-order valence-corrected chi connectivity index (χ3v) is 3.09. The summed E-state index contributed by atoms with van der Waals surface area (Å²) in [4.78, 5) is 10.8. The Kier molecular flexibility index (Phi) is 3.38. The van der Waals surface area contributed by atoms with E-state index in [0.29, 0.717) is 5.56 Å². The van der Waals surface area contributed by atoms with Crippen LogP contribution < -0.4 is 5.32 Å². The van der Waals surface area contributed by atoms with Crippen LogP contribution in [0.4, 0.5) is 8.78 Å². The summed E-state index contributed by atoms with van der Waals surface area (Å²) in [6.45, 7) is 1.62. The van der Waals surface area contributed by atoms with Crippen LogP contribution in [0, 0.1) is 11.6 Å². The van der Waals surface area contributed by atoms with Crippen molar-refractivity contribution in [3.05, 3.63) is 34.9 Å². The minimum Gasteiger partial charge on any atom is -0.478 e. The largest absolute Gasteiger partial charge is 0.478 e. The predicted octanol–water partition coefficient (Wildman–Crippen LogP) is 2.13. The lowest BCUT2D eigenvalue weighted by atomic mass is 9.89. The number of carboxylic acids is 1. The Morgan fingerprint density at radius 3 is 2.53 bits per heavy atom. The lowest BCUT2D eigenvalue weighted by Gasteiger charge is -2.23. The van der Waals surface area contributed by atoms with Crippen molar-refractivity contribution in [3.8, 4) is 0 Å². The Hall–Kier alpha value is -1.49. The van der Waals surface area contributed by atoms with Gasteiger partial charge in [-0.1, -0.05) is 0 Å². The molecule has 1 aromatic rings. The SMILES string of the molecule is O=C(O)c1cc(C2CCNCC2)cc(F)c1F. The zero-order valence-corrected chi connectivity index (χ0v) is 9.17. The van der Waals surface area contributed by atoms with Crippen LogP contribution in [0.25, 0.3) is 0 Å². The zero-order chi connectivity index (χ0) is 12.4. The first kappa shape index (κ1) is 12.0. The molecule has 92 valence electrons. The molecule has 0 unspecified atom stereocenters. The molecule has 1 heterocycles. The molecular formula is C12H13F2NO2. The van der Waals surface area contributed by atoms with Gasteiger partial charge in [0.25, 0.3) is 0 Å². The highest BCUT2D eigenvalue weighted by molar-refractivity contribution is 5.88. The van der Waals surface area contributed by atoms with E-state index in [1.165, 1.54) is 6.07 Å². The van der Waals surface area contributed by atoms with E-state index in [9.17, 15) is 13.6 Å². The normalized spacial score (nSPS) is 17.1. The summed E-state index contributed by atoms with van der Waals surface area (Å²) in [6, 6.07) is 2.36. The molecule has 0 aromatic heterocycles. The molecule has 1 aromatic carbocycles. The minimum absolute atomic E-state index is 0.101. The van der Waals surface area contributed by atoms with Crippen molar-refractivity contribution >= 4 is 5.97 Å². The van der Waals surface area contributed by atoms with Gasteiger partial charge in [0.2, 0.25) is 0 Å². The smallest absolute Gasteiger partial charge is 0.338 e. The first-order valence-electron chi connectivity index (χ1n) is 5.52. The fourth-order valence-electron chi connectivity index (χ4n) is 2.16. The average Bonchev–Trinajstić information content (AvgIpc) is 2.33. The Morgan fingerprint density at radius 1 is 1.29 bits per heavy atom. The molecule has 0 aliphatic carbocycles. The van der Waals surface area contributed by atoms with Crippen LogP contribution in [0.2, 0.25) is 0 Å². The van der Waals surface area contributed by atoms with Crippen molar-refractivity contribution < 1.29 is 18.7 Å². The van der Waals surface area contributed by atoms with Crippen molar-refractivity contribution in [2.45, 2.75) is 18.8 Å². The van der Waals surface area contributed by atoms with Crippen molar-refractivity contribution in [1.82, 2.24) is 5.32 Å². The molecule has 1 aliphatic rings. The van der Waals surface area contributed by atoms with Gasteiger partial charge in [0.1, 0.15) is 0 Å². The van der Waals surface area contributed by atoms with Crippen LogP contribution in [0.15, 0.2) is 12.1 Å². The van der Waals surface area contributed by atoms with Crippen LogP contribution in [0.5, 0.6) is 0 Å². The number of carbonyl (C=O) groups is 1. The molecule has 17 heavy (non-hydrogen) atoms. The second-order valence-electron chi connectivity index (χ2n) is 4.19. The van der Waals surface area contributed by atoms with Crippen LogP contribution in [0.1, 0.15) is 34.7 Å². The van der Waals surface area contributed by atoms with Crippen LogP contribution >= 0.6 is 0 Å². The van der Waals surface area contributed by atoms with E-state index in [1.54, 1.807) is 0 Å². The molecule has 0 atom stereocenters. The number of halogens is 2. The molecule has 1 saturated heterocycles. The number of benzene rings is 1. The third-order valence-electron chi connectivity index (χ3n) is 3.09. The summed E-state index contributed by atoms with van der Waals surface area (Å²) < 4.78 is 26.5. The molecule has 2 N–H and O–H groups in total. The van der Waals surface area contributed by atoms with E-state index in [4.69, 9.17) is 5.11 Å². The van der Waals surface area contributed by atoms with Crippen molar-refractivity contribution in [2.75, 3.05) is 13.1 Å². The van der Waals surface area contributed by atoms with E-state index < -0.39 is 23.2 Å². The van der Waals surface area contributed by atoms with Crippen LogP contribution in [-0.4, -0.2) is 24.2 Å². The Morgan fingerprint density at radius 2 is 1.94 bits per heavy atom. The molecular weight excluding hydrogens is 228 g/mol. The highest BCUT2D eigenvalue weighted by Crippen LogP contribution is 2.28. The van der Waals surface area contributed by atoms with Gasteiger partial charge in [-0.3, -0.25) is 0 Å². The van der Waals surface area contributed by atoms with E-state index in [0.717, 1.165) is 32.0 Å². The monoisotopic (exact) mass is 241 g/mol. The molecule has 0 radical (unpaired) electrons. The predicted molar refractivity (Wildman–Crippen MR) is 58.2 cm³/mol. The summed E-state index contributed by atoms with van der Waals surface area (Å²) in [6.07, 6.45) is 1.62. The molecule has 0 spiro atoms. The molecule has 1 aliphatic heterocycles. The quantitative estimate of drug-likeness (QED) is 0.834. The topological polar surface area (TPSA) is 49.3 Å². The maximum absolute atomic E-state index is 13.3.